The topological polar surface area (TPSA) is 35.2 Å². The highest BCUT2D eigenvalue weighted by Gasteiger charge is 2.00. The Bertz CT molecular complexity index is 289. The number of thioether (sulfide) groups is 1. The average molecular weight is 211 g/mol. The van der Waals surface area contributed by atoms with Crippen LogP contribution in [-0.4, -0.2) is 12.9 Å². The Kier molecular flexibility index (Phi) is 4.66. The third kappa shape index (κ3) is 3.14. The standard InChI is InChI=1S/C11H17NOS/c1-3-4-7-14-11-6-5-9(13-2)8-10(11)12/h5-6,8H,3-4,7,12H2,1-2H3. The lowest BCUT2D eigenvalue weighted by Crippen LogP contribution is -1.91. The zero-order valence-corrected chi connectivity index (χ0v) is 9.56. The fourth-order valence-corrected chi connectivity index (χ4v) is 2.15. The van der Waals surface area contributed by atoms with E-state index in [4.69, 9.17) is 10.5 Å². The third-order valence-electron chi connectivity index (χ3n) is 1.97. The molecule has 0 unspecified atom stereocenters. The maximum absolute atomic E-state index is 5.88. The van der Waals surface area contributed by atoms with Crippen molar-refractivity contribution < 1.29 is 4.74 Å². The van der Waals surface area contributed by atoms with Crippen LogP contribution in [0.5, 0.6) is 5.75 Å². The van der Waals surface area contributed by atoms with E-state index in [1.807, 2.05) is 30.0 Å². The van der Waals surface area contributed by atoms with E-state index in [9.17, 15) is 0 Å². The maximum Gasteiger partial charge on any atom is 0.120 e. The van der Waals surface area contributed by atoms with Crippen LogP contribution in [0, 0.1) is 0 Å². The van der Waals surface area contributed by atoms with Gasteiger partial charge in [0, 0.05) is 16.6 Å². The van der Waals surface area contributed by atoms with Crippen LogP contribution in [0.4, 0.5) is 5.69 Å². The molecule has 78 valence electrons. The molecular weight excluding hydrogens is 194 g/mol. The van der Waals surface area contributed by atoms with Gasteiger partial charge in [0.25, 0.3) is 0 Å². The number of benzene rings is 1. The molecule has 0 aliphatic heterocycles. The van der Waals surface area contributed by atoms with Crippen LogP contribution < -0.4 is 10.5 Å². The van der Waals surface area contributed by atoms with Crippen molar-refractivity contribution in [2.75, 3.05) is 18.6 Å². The Hall–Kier alpha value is -0.830. The summed E-state index contributed by atoms with van der Waals surface area (Å²) >= 11 is 1.81. The van der Waals surface area contributed by atoms with Crippen molar-refractivity contribution in [1.82, 2.24) is 0 Å². The van der Waals surface area contributed by atoms with E-state index >= 15 is 0 Å². The van der Waals surface area contributed by atoms with Crippen molar-refractivity contribution in [2.24, 2.45) is 0 Å². The summed E-state index contributed by atoms with van der Waals surface area (Å²) in [5.74, 6) is 1.95. The van der Waals surface area contributed by atoms with Gasteiger partial charge in [-0.05, 0) is 24.3 Å². The van der Waals surface area contributed by atoms with Gasteiger partial charge in [-0.2, -0.15) is 0 Å². The zero-order valence-electron chi connectivity index (χ0n) is 8.75. The molecule has 0 aliphatic rings. The molecule has 0 heterocycles. The summed E-state index contributed by atoms with van der Waals surface area (Å²) in [5.41, 5.74) is 6.69. The molecule has 2 nitrogen and oxygen atoms in total. The minimum Gasteiger partial charge on any atom is -0.497 e. The predicted octanol–water partition coefficient (Wildman–Crippen LogP) is 3.17. The number of rotatable bonds is 5. The first kappa shape index (κ1) is 11.2. The first-order valence-electron chi connectivity index (χ1n) is 4.84. The zero-order chi connectivity index (χ0) is 10.4. The predicted molar refractivity (Wildman–Crippen MR) is 63.0 cm³/mol. The van der Waals surface area contributed by atoms with E-state index in [0.29, 0.717) is 0 Å². The van der Waals surface area contributed by atoms with Crippen LogP contribution in [0.3, 0.4) is 0 Å². The Morgan fingerprint density at radius 2 is 2.21 bits per heavy atom. The molecule has 3 heteroatoms. The van der Waals surface area contributed by atoms with Crippen LogP contribution in [0.2, 0.25) is 0 Å². The van der Waals surface area contributed by atoms with Crippen molar-refractivity contribution in [2.45, 2.75) is 24.7 Å². The fraction of sp³-hybridized carbons (Fsp3) is 0.455. The van der Waals surface area contributed by atoms with Crippen LogP contribution >= 0.6 is 11.8 Å². The lowest BCUT2D eigenvalue weighted by molar-refractivity contribution is 0.415. The second kappa shape index (κ2) is 5.81. The normalized spacial score (nSPS) is 10.1. The van der Waals surface area contributed by atoms with Crippen LogP contribution in [0.25, 0.3) is 0 Å². The van der Waals surface area contributed by atoms with Gasteiger partial charge in [-0.15, -0.1) is 11.8 Å². The van der Waals surface area contributed by atoms with Gasteiger partial charge in [-0.3, -0.25) is 0 Å². The number of ether oxygens (including phenoxy) is 1. The summed E-state index contributed by atoms with van der Waals surface area (Å²) in [6.45, 7) is 2.19. The first-order valence-corrected chi connectivity index (χ1v) is 5.82. The molecule has 2 N–H and O–H groups in total. The summed E-state index contributed by atoms with van der Waals surface area (Å²) in [4.78, 5) is 1.15. The van der Waals surface area contributed by atoms with Gasteiger partial charge in [0.2, 0.25) is 0 Å². The molecule has 0 aromatic heterocycles. The number of methoxy groups -OCH3 is 1. The molecule has 0 amide bonds. The Balaban J connectivity index is 2.59. The highest BCUT2D eigenvalue weighted by molar-refractivity contribution is 7.99. The second-order valence-corrected chi connectivity index (χ2v) is 4.24. The molecule has 0 aliphatic carbocycles. The Morgan fingerprint density at radius 1 is 1.43 bits per heavy atom. The molecule has 0 bridgehead atoms. The molecule has 0 atom stereocenters. The summed E-state index contributed by atoms with van der Waals surface area (Å²) < 4.78 is 5.09. The Labute approximate surface area is 89.8 Å². The van der Waals surface area contributed by atoms with E-state index in [1.54, 1.807) is 7.11 Å². The third-order valence-corrected chi connectivity index (χ3v) is 3.15. The number of unbranched alkanes of at least 4 members (excludes halogenated alkanes) is 1. The number of nitrogens with two attached hydrogens (primary N) is 1. The second-order valence-electron chi connectivity index (χ2n) is 3.11. The first-order chi connectivity index (χ1) is 6.77. The minimum absolute atomic E-state index is 0.811. The van der Waals surface area contributed by atoms with E-state index in [2.05, 4.69) is 6.92 Å². The summed E-state index contributed by atoms with van der Waals surface area (Å²) in [6, 6.07) is 5.84. The smallest absolute Gasteiger partial charge is 0.120 e. The van der Waals surface area contributed by atoms with Crippen LogP contribution in [-0.2, 0) is 0 Å². The lowest BCUT2D eigenvalue weighted by Gasteiger charge is -2.06. The monoisotopic (exact) mass is 211 g/mol. The van der Waals surface area contributed by atoms with E-state index in [-0.39, 0.29) is 0 Å². The maximum atomic E-state index is 5.88. The van der Waals surface area contributed by atoms with Crippen molar-refractivity contribution >= 4 is 17.4 Å². The highest BCUT2D eigenvalue weighted by atomic mass is 32.2. The highest BCUT2D eigenvalue weighted by Crippen LogP contribution is 2.28. The van der Waals surface area contributed by atoms with Crippen LogP contribution in [0.1, 0.15) is 19.8 Å². The summed E-state index contributed by atoms with van der Waals surface area (Å²) in [6.07, 6.45) is 2.46. The van der Waals surface area contributed by atoms with Crippen molar-refractivity contribution in [3.8, 4) is 5.75 Å². The number of hydrogen-bond acceptors (Lipinski definition) is 3. The van der Waals surface area contributed by atoms with Gasteiger partial charge >= 0.3 is 0 Å². The van der Waals surface area contributed by atoms with Gasteiger partial charge in [0.1, 0.15) is 5.75 Å². The molecule has 14 heavy (non-hydrogen) atoms. The average Bonchev–Trinajstić information content (AvgIpc) is 2.20. The SMILES string of the molecule is CCCCSc1ccc(OC)cc1N. The lowest BCUT2D eigenvalue weighted by atomic mass is 10.3. The molecule has 0 saturated carbocycles. The summed E-state index contributed by atoms with van der Waals surface area (Å²) in [7, 11) is 1.65. The van der Waals surface area contributed by atoms with Gasteiger partial charge in [-0.25, -0.2) is 0 Å². The van der Waals surface area contributed by atoms with Crippen LogP contribution in [0.15, 0.2) is 23.1 Å². The molecule has 1 aromatic rings. The number of anilines is 1. The van der Waals surface area contributed by atoms with Gasteiger partial charge in [0.05, 0.1) is 7.11 Å². The fourth-order valence-electron chi connectivity index (χ4n) is 1.11. The van der Waals surface area contributed by atoms with Crippen molar-refractivity contribution in [3.63, 3.8) is 0 Å². The van der Waals surface area contributed by atoms with Gasteiger partial charge < -0.3 is 10.5 Å². The molecule has 0 radical (unpaired) electrons. The van der Waals surface area contributed by atoms with E-state index in [0.717, 1.165) is 22.1 Å². The molecule has 0 fully saturated rings. The molecule has 0 spiro atoms. The van der Waals surface area contributed by atoms with E-state index in [1.165, 1.54) is 12.8 Å². The largest absolute Gasteiger partial charge is 0.497 e. The Morgan fingerprint density at radius 3 is 2.79 bits per heavy atom. The summed E-state index contributed by atoms with van der Waals surface area (Å²) in [5, 5.41) is 0. The number of nitrogen functional groups attached to an aromatic ring is 1. The van der Waals surface area contributed by atoms with Crippen molar-refractivity contribution in [1.29, 1.82) is 0 Å². The van der Waals surface area contributed by atoms with E-state index < -0.39 is 0 Å². The van der Waals surface area contributed by atoms with Gasteiger partial charge in [0.15, 0.2) is 0 Å². The molecule has 0 saturated heterocycles. The molecule has 1 aromatic carbocycles. The molecule has 1 rings (SSSR count). The quantitative estimate of drug-likeness (QED) is 0.461. The number of hydrogen-bond donors (Lipinski definition) is 1. The molecular formula is C11H17NOS. The van der Waals surface area contributed by atoms with Crippen molar-refractivity contribution in [3.05, 3.63) is 18.2 Å². The van der Waals surface area contributed by atoms with Gasteiger partial charge in [-0.1, -0.05) is 13.3 Å². The minimum atomic E-state index is 0.811.